The first-order valence-corrected chi connectivity index (χ1v) is 11.5. The molecule has 1 saturated carbocycles. The number of esters is 1. The number of benzene rings is 2. The van der Waals surface area contributed by atoms with Gasteiger partial charge in [0.1, 0.15) is 5.82 Å². The minimum absolute atomic E-state index is 0.180. The van der Waals surface area contributed by atoms with Crippen LogP contribution in [0.4, 0.5) is 4.39 Å². The predicted molar refractivity (Wildman–Crippen MR) is 134 cm³/mol. The number of methoxy groups -OCH3 is 1. The van der Waals surface area contributed by atoms with E-state index in [0.717, 1.165) is 24.0 Å². The van der Waals surface area contributed by atoms with Crippen LogP contribution in [-0.2, 0) is 19.1 Å². The van der Waals surface area contributed by atoms with E-state index in [0.29, 0.717) is 30.5 Å². The third-order valence-electron chi connectivity index (χ3n) is 5.29. The van der Waals surface area contributed by atoms with Gasteiger partial charge in [0.15, 0.2) is 0 Å². The van der Waals surface area contributed by atoms with Crippen molar-refractivity contribution < 1.29 is 23.5 Å². The number of nitrogens with one attached hydrogen (secondary N) is 2. The quantitative estimate of drug-likeness (QED) is 0.219. The molecule has 0 atom stereocenters. The first kappa shape index (κ1) is 25.6. The number of hydrogen-bond acceptors (Lipinski definition) is 4. The normalized spacial score (nSPS) is 13.7. The van der Waals surface area contributed by atoms with Gasteiger partial charge < -0.3 is 15.4 Å². The molecule has 1 aliphatic carbocycles. The van der Waals surface area contributed by atoms with Crippen LogP contribution in [0.15, 0.2) is 66.8 Å². The molecule has 2 amide bonds. The topological polar surface area (TPSA) is 84.5 Å². The van der Waals surface area contributed by atoms with Crippen molar-refractivity contribution in [3.63, 3.8) is 0 Å². The first-order chi connectivity index (χ1) is 16.9. The lowest BCUT2D eigenvalue weighted by molar-refractivity contribution is -0.134. The van der Waals surface area contributed by atoms with Crippen molar-refractivity contribution in [1.82, 2.24) is 10.6 Å². The Bertz CT molecular complexity index is 1110. The van der Waals surface area contributed by atoms with Crippen LogP contribution in [0.2, 0.25) is 0 Å². The smallest absolute Gasteiger partial charge is 0.330 e. The van der Waals surface area contributed by atoms with Gasteiger partial charge in [-0.15, -0.1) is 0 Å². The van der Waals surface area contributed by atoms with Gasteiger partial charge in [0, 0.05) is 30.3 Å². The summed E-state index contributed by atoms with van der Waals surface area (Å²) in [5.74, 6) is -1.14. The van der Waals surface area contributed by atoms with Crippen molar-refractivity contribution >= 4 is 35.5 Å². The molecule has 0 radical (unpaired) electrons. The fraction of sp³-hybridized carbons (Fsp3) is 0.250. The van der Waals surface area contributed by atoms with E-state index < -0.39 is 5.97 Å². The molecule has 0 spiro atoms. The van der Waals surface area contributed by atoms with Crippen molar-refractivity contribution in [3.8, 4) is 0 Å². The Balaban J connectivity index is 1.57. The molecule has 35 heavy (non-hydrogen) atoms. The molecule has 0 unspecified atom stereocenters. The zero-order chi connectivity index (χ0) is 25.0. The van der Waals surface area contributed by atoms with E-state index in [1.165, 1.54) is 31.4 Å². The van der Waals surface area contributed by atoms with E-state index in [2.05, 4.69) is 15.4 Å². The van der Waals surface area contributed by atoms with Crippen LogP contribution in [0.3, 0.4) is 0 Å². The third kappa shape index (κ3) is 9.04. The summed E-state index contributed by atoms with van der Waals surface area (Å²) in [6, 6.07) is 13.5. The summed E-state index contributed by atoms with van der Waals surface area (Å²) in [7, 11) is 1.32. The number of carbonyl (C=O) groups is 3. The molecule has 2 N–H and O–H groups in total. The minimum atomic E-state index is -0.397. The van der Waals surface area contributed by atoms with E-state index in [1.54, 1.807) is 30.4 Å². The molecule has 182 valence electrons. The van der Waals surface area contributed by atoms with Crippen LogP contribution in [0, 0.1) is 5.82 Å². The number of allylic oxidation sites excluding steroid dienone is 1. The van der Waals surface area contributed by atoms with E-state index >= 15 is 0 Å². The molecular weight excluding hydrogens is 447 g/mol. The molecule has 0 saturated heterocycles. The van der Waals surface area contributed by atoms with Crippen molar-refractivity contribution in [3.05, 3.63) is 89.3 Å². The van der Waals surface area contributed by atoms with Gasteiger partial charge in [-0.3, -0.25) is 9.59 Å². The fourth-order valence-electron chi connectivity index (χ4n) is 3.18. The number of ether oxygens (including phenoxy) is 1. The Morgan fingerprint density at radius 2 is 1.69 bits per heavy atom. The highest BCUT2D eigenvalue weighted by molar-refractivity contribution is 6.24. The molecule has 2 aromatic carbocycles. The van der Waals surface area contributed by atoms with Gasteiger partial charge in [-0.25, -0.2) is 9.18 Å². The average molecular weight is 477 g/mol. The van der Waals surface area contributed by atoms with Crippen LogP contribution >= 0.6 is 0 Å². The molecular formula is C28H29FN2O4. The molecule has 0 bridgehead atoms. The van der Waals surface area contributed by atoms with E-state index in [9.17, 15) is 18.8 Å². The van der Waals surface area contributed by atoms with Crippen LogP contribution in [-0.4, -0.2) is 37.5 Å². The third-order valence-corrected chi connectivity index (χ3v) is 5.29. The number of amides is 2. The Labute approximate surface area is 204 Å². The minimum Gasteiger partial charge on any atom is -0.466 e. The molecule has 0 heterocycles. The maximum Gasteiger partial charge on any atom is 0.330 e. The highest BCUT2D eigenvalue weighted by atomic mass is 19.1. The first-order valence-electron chi connectivity index (χ1n) is 11.5. The average Bonchev–Trinajstić information content (AvgIpc) is 3.68. The second kappa shape index (κ2) is 13.0. The number of unbranched alkanes of at least 4 members (excludes halogenated alkanes) is 1. The van der Waals surface area contributed by atoms with Crippen LogP contribution < -0.4 is 10.6 Å². The van der Waals surface area contributed by atoms with Gasteiger partial charge in [0.25, 0.3) is 5.91 Å². The van der Waals surface area contributed by atoms with Crippen LogP contribution in [0.1, 0.15) is 42.4 Å². The highest BCUT2D eigenvalue weighted by Gasteiger charge is 2.25. The van der Waals surface area contributed by atoms with Crippen LogP contribution in [0.5, 0.6) is 0 Å². The summed E-state index contributed by atoms with van der Waals surface area (Å²) < 4.78 is 17.9. The van der Waals surface area contributed by atoms with E-state index in [-0.39, 0.29) is 23.7 Å². The van der Waals surface area contributed by atoms with Gasteiger partial charge in [-0.1, -0.05) is 42.5 Å². The second-order valence-corrected chi connectivity index (χ2v) is 8.17. The lowest BCUT2D eigenvalue weighted by Crippen LogP contribution is -2.26. The zero-order valence-corrected chi connectivity index (χ0v) is 19.6. The molecule has 0 aliphatic heterocycles. The van der Waals surface area contributed by atoms with Crippen molar-refractivity contribution in [1.29, 1.82) is 0 Å². The lowest BCUT2D eigenvalue weighted by Gasteiger charge is -2.09. The van der Waals surface area contributed by atoms with Crippen molar-refractivity contribution in [2.45, 2.75) is 31.7 Å². The van der Waals surface area contributed by atoms with E-state index in [4.69, 9.17) is 0 Å². The number of halogens is 1. The van der Waals surface area contributed by atoms with Crippen LogP contribution in [0.25, 0.3) is 17.7 Å². The van der Waals surface area contributed by atoms with Gasteiger partial charge in [-0.2, -0.15) is 0 Å². The van der Waals surface area contributed by atoms with E-state index in [1.807, 2.05) is 24.3 Å². The Hall–Kier alpha value is -4.00. The number of hydrogen-bond donors (Lipinski definition) is 2. The molecule has 0 aromatic heterocycles. The molecule has 1 aliphatic rings. The SMILES string of the molecule is COC(=O)C=CCCCNC(=O)C=Cc1ccc(C=C(C(=O)NC2CC2)c2ccc(F)cc2)cc1. The predicted octanol–water partition coefficient (Wildman–Crippen LogP) is 4.28. The summed E-state index contributed by atoms with van der Waals surface area (Å²) >= 11 is 0. The summed E-state index contributed by atoms with van der Waals surface area (Å²) in [6.45, 7) is 0.494. The van der Waals surface area contributed by atoms with Gasteiger partial charge >= 0.3 is 5.97 Å². The Morgan fingerprint density at radius 3 is 2.34 bits per heavy atom. The summed E-state index contributed by atoms with van der Waals surface area (Å²) in [5.41, 5.74) is 2.77. The molecule has 2 aromatic rings. The highest BCUT2D eigenvalue weighted by Crippen LogP contribution is 2.24. The Morgan fingerprint density at radius 1 is 1.00 bits per heavy atom. The summed E-state index contributed by atoms with van der Waals surface area (Å²) in [6.07, 6.45) is 11.3. The van der Waals surface area contributed by atoms with Gasteiger partial charge in [0.2, 0.25) is 5.91 Å². The van der Waals surface area contributed by atoms with Crippen molar-refractivity contribution in [2.75, 3.05) is 13.7 Å². The maximum absolute atomic E-state index is 13.4. The zero-order valence-electron chi connectivity index (χ0n) is 19.6. The maximum atomic E-state index is 13.4. The Kier molecular flexibility index (Phi) is 9.54. The number of carbonyl (C=O) groups excluding carboxylic acids is 3. The van der Waals surface area contributed by atoms with Gasteiger partial charge in [-0.05, 0) is 66.7 Å². The molecule has 7 heteroatoms. The molecule has 3 rings (SSSR count). The van der Waals surface area contributed by atoms with Crippen molar-refractivity contribution in [2.24, 2.45) is 0 Å². The molecule has 6 nitrogen and oxygen atoms in total. The fourth-order valence-corrected chi connectivity index (χ4v) is 3.18. The second-order valence-electron chi connectivity index (χ2n) is 8.17. The largest absolute Gasteiger partial charge is 0.466 e. The van der Waals surface area contributed by atoms with Gasteiger partial charge in [0.05, 0.1) is 7.11 Å². The summed E-state index contributed by atoms with van der Waals surface area (Å²) in [4.78, 5) is 35.7. The lowest BCUT2D eigenvalue weighted by atomic mass is 10.0. The summed E-state index contributed by atoms with van der Waals surface area (Å²) in [5, 5.41) is 5.78. The number of rotatable bonds is 11. The monoisotopic (exact) mass is 476 g/mol. The standard InChI is InChI=1S/C28H29FN2O4/c1-35-27(33)5-3-2-4-18-30-26(32)17-10-20-6-8-21(9-7-20)19-25(28(34)31-24-15-16-24)22-11-13-23(29)14-12-22/h3,5-14,17,19,24H,2,4,15-16,18H2,1H3,(H,30,32)(H,31,34). The molecule has 1 fully saturated rings.